The number of hydrogen-bond donors (Lipinski definition) is 13. The van der Waals surface area contributed by atoms with E-state index >= 15 is 0 Å². The zero-order valence-corrected chi connectivity index (χ0v) is 42.5. The Morgan fingerprint density at radius 3 is 2.03 bits per heavy atom. The molecule has 3 fully saturated rings. The minimum atomic E-state index is -2.30. The molecule has 3 heterocycles. The number of carbonyl (C=O) groups excluding carboxylic acids is 8. The van der Waals surface area contributed by atoms with Crippen molar-refractivity contribution in [2.75, 3.05) is 19.6 Å². The highest BCUT2D eigenvalue weighted by Gasteiger charge is 2.48. The number of phenolic OH excluding ortho intramolecular Hbond substituents is 1. The Labute approximate surface area is 426 Å². The fourth-order valence-corrected chi connectivity index (χ4v) is 9.76. The van der Waals surface area contributed by atoms with Crippen LogP contribution in [0.25, 0.3) is 0 Å². The van der Waals surface area contributed by atoms with E-state index in [2.05, 4.69) is 47.4 Å². The molecule has 3 saturated heterocycles. The van der Waals surface area contributed by atoms with Crippen LogP contribution in [0, 0.1) is 11.8 Å². The van der Waals surface area contributed by atoms with Crippen molar-refractivity contribution in [3.05, 3.63) is 29.8 Å². The van der Waals surface area contributed by atoms with Gasteiger partial charge in [-0.15, -0.1) is 0 Å². The maximum atomic E-state index is 14.3. The summed E-state index contributed by atoms with van der Waals surface area (Å²) in [5.74, 6) is -7.14. The smallest absolute Gasteiger partial charge is 0.248 e. The quantitative estimate of drug-likeness (QED) is 0.0653. The van der Waals surface area contributed by atoms with Gasteiger partial charge in [0.2, 0.25) is 47.3 Å². The number of aliphatic hydroxyl groups excluding tert-OH is 6. The second-order valence-corrected chi connectivity index (χ2v) is 20.3. The monoisotopic (exact) mass is 1030 g/mol. The molecule has 1 aromatic carbocycles. The van der Waals surface area contributed by atoms with Crippen molar-refractivity contribution in [3.63, 3.8) is 0 Å². The minimum absolute atomic E-state index is 0.0143. The summed E-state index contributed by atoms with van der Waals surface area (Å²) in [6.07, 6.45) is -3.42. The van der Waals surface area contributed by atoms with E-state index in [1.165, 1.54) is 38.3 Å². The number of unbranched alkanes of at least 4 members (excludes halogenated alkanes) is 5. The lowest BCUT2D eigenvalue weighted by Crippen LogP contribution is -2.64. The molecule has 14 N–H and O–H groups in total. The lowest BCUT2D eigenvalue weighted by molar-refractivity contribution is -0.148. The lowest BCUT2D eigenvalue weighted by Gasteiger charge is -2.34. The standard InChI is InChI=1S/C50H80N8O15/c1-5-27(2)23-28(3)13-10-8-6-7-9-11-15-38(65)53-33-14-12-21-52-48(71)42-35(62)20-22-57(42)50(73)40(36(63)25-37(51)64)55-47(70)41(44(67)43(66)30-16-18-31(60)19-17-30)56-46(69)34-24-32(61)26-58(34)49(72)39(29(4)59)54-45(33)68/h16-19,27-29,32-36,39-44,59-63,66-67H,5-15,20-26H2,1-4H3,(H2,51,64)(H,52,71)(H,53,65)(H,54,68)(H,55,70)(H,56,69). The first-order valence-electron chi connectivity index (χ1n) is 25.8. The molecule has 0 aliphatic carbocycles. The highest BCUT2D eigenvalue weighted by molar-refractivity contribution is 5.98. The van der Waals surface area contributed by atoms with Crippen molar-refractivity contribution in [3.8, 4) is 5.75 Å². The van der Waals surface area contributed by atoms with Crippen molar-refractivity contribution < 1.29 is 74.1 Å². The first kappa shape index (κ1) is 60.1. The third-order valence-corrected chi connectivity index (χ3v) is 14.1. The van der Waals surface area contributed by atoms with E-state index in [4.69, 9.17) is 5.73 Å². The second kappa shape index (κ2) is 28.8. The summed E-state index contributed by atoms with van der Waals surface area (Å²) in [5, 5.41) is 89.0. The predicted octanol–water partition coefficient (Wildman–Crippen LogP) is -1.63. The molecule has 8 amide bonds. The number of amides is 8. The van der Waals surface area contributed by atoms with Crippen LogP contribution in [0.5, 0.6) is 5.75 Å². The molecule has 0 spiro atoms. The molecule has 3 aliphatic heterocycles. The van der Waals surface area contributed by atoms with E-state index in [0.717, 1.165) is 54.0 Å². The third kappa shape index (κ3) is 17.6. The van der Waals surface area contributed by atoms with E-state index < -0.39 is 140 Å². The van der Waals surface area contributed by atoms with Gasteiger partial charge in [0, 0.05) is 32.5 Å². The maximum Gasteiger partial charge on any atom is 0.248 e. The Kier molecular flexibility index (Phi) is 23.7. The van der Waals surface area contributed by atoms with E-state index in [-0.39, 0.29) is 50.1 Å². The summed E-state index contributed by atoms with van der Waals surface area (Å²) in [4.78, 5) is 112. The molecule has 14 unspecified atom stereocenters. The van der Waals surface area contributed by atoms with Crippen LogP contribution in [0.15, 0.2) is 24.3 Å². The van der Waals surface area contributed by atoms with Crippen LogP contribution in [0.2, 0.25) is 0 Å². The summed E-state index contributed by atoms with van der Waals surface area (Å²) in [6, 6.07) is -6.07. The van der Waals surface area contributed by atoms with Gasteiger partial charge in [-0.25, -0.2) is 0 Å². The van der Waals surface area contributed by atoms with Gasteiger partial charge in [0.25, 0.3) is 0 Å². The van der Waals surface area contributed by atoms with Gasteiger partial charge in [-0.2, -0.15) is 0 Å². The van der Waals surface area contributed by atoms with Gasteiger partial charge in [-0.3, -0.25) is 38.4 Å². The summed E-state index contributed by atoms with van der Waals surface area (Å²) in [5.41, 5.74) is 5.27. The molecular weight excluding hydrogens is 953 g/mol. The Balaban J connectivity index is 1.64. The number of rotatable bonds is 20. The molecule has 1 aromatic rings. The van der Waals surface area contributed by atoms with Gasteiger partial charge in [-0.1, -0.05) is 77.8 Å². The van der Waals surface area contributed by atoms with Crippen LogP contribution in [0.4, 0.5) is 0 Å². The normalized spacial score (nSPS) is 27.4. The third-order valence-electron chi connectivity index (χ3n) is 14.1. The van der Waals surface area contributed by atoms with E-state index in [1.54, 1.807) is 0 Å². The van der Waals surface area contributed by atoms with E-state index in [9.17, 15) is 74.1 Å². The fraction of sp³-hybridized carbons (Fsp3) is 0.720. The van der Waals surface area contributed by atoms with E-state index in [1.807, 2.05) is 0 Å². The van der Waals surface area contributed by atoms with Crippen LogP contribution in [-0.2, 0) is 38.4 Å². The van der Waals surface area contributed by atoms with Crippen molar-refractivity contribution in [2.24, 2.45) is 17.6 Å². The average Bonchev–Trinajstić information content (AvgIpc) is 3.93. The Bertz CT molecular complexity index is 2030. The summed E-state index contributed by atoms with van der Waals surface area (Å²) >= 11 is 0. The van der Waals surface area contributed by atoms with Crippen LogP contribution < -0.4 is 32.3 Å². The molecule has 0 radical (unpaired) electrons. The van der Waals surface area contributed by atoms with Gasteiger partial charge in [0.15, 0.2) is 0 Å². The molecular formula is C50H80N8O15. The first-order valence-corrected chi connectivity index (χ1v) is 25.8. The van der Waals surface area contributed by atoms with Gasteiger partial charge >= 0.3 is 0 Å². The highest BCUT2D eigenvalue weighted by atomic mass is 16.3. The van der Waals surface area contributed by atoms with Crippen molar-refractivity contribution >= 4 is 47.3 Å². The SMILES string of the molecule is CCC(C)CC(C)CCCCCCCCC(=O)NC1CCCNC(=O)C2C(O)CCN2C(=O)C(C(O)CC(N)=O)NC(=O)C(C(O)C(O)c2ccc(O)cc2)NC(=O)C2CC(O)CN2C(=O)C(C(C)O)NC1=O. The lowest BCUT2D eigenvalue weighted by atomic mass is 9.91. The number of nitrogens with zero attached hydrogens (tertiary/aromatic N) is 2. The minimum Gasteiger partial charge on any atom is -0.508 e. The number of aromatic hydroxyl groups is 1. The molecule has 23 heteroatoms. The van der Waals surface area contributed by atoms with Gasteiger partial charge in [0.1, 0.15) is 54.2 Å². The summed E-state index contributed by atoms with van der Waals surface area (Å²) in [6.45, 7) is 6.97. The Morgan fingerprint density at radius 2 is 1.38 bits per heavy atom. The maximum absolute atomic E-state index is 14.3. The molecule has 0 saturated carbocycles. The molecule has 14 atom stereocenters. The number of primary amides is 1. The fourth-order valence-electron chi connectivity index (χ4n) is 9.76. The number of nitrogens with two attached hydrogens (primary N) is 1. The number of phenols is 1. The molecule has 4 rings (SSSR count). The van der Waals surface area contributed by atoms with Crippen LogP contribution in [-0.4, -0.2) is 179 Å². The number of aliphatic hydroxyl groups is 6. The van der Waals surface area contributed by atoms with Gasteiger partial charge in [-0.05, 0) is 68.6 Å². The van der Waals surface area contributed by atoms with Crippen molar-refractivity contribution in [2.45, 2.75) is 197 Å². The largest absolute Gasteiger partial charge is 0.508 e. The zero-order valence-electron chi connectivity index (χ0n) is 42.5. The Hall–Kier alpha value is -5.46. The molecule has 0 aromatic heterocycles. The Morgan fingerprint density at radius 1 is 0.767 bits per heavy atom. The topological polar surface area (TPSA) is 371 Å². The van der Waals surface area contributed by atoms with Gasteiger partial charge < -0.3 is 77.9 Å². The predicted molar refractivity (Wildman–Crippen MR) is 263 cm³/mol. The highest BCUT2D eigenvalue weighted by Crippen LogP contribution is 2.26. The molecule has 3 aliphatic rings. The average molecular weight is 1030 g/mol. The number of carbonyl (C=O) groups is 8. The summed E-state index contributed by atoms with van der Waals surface area (Å²) < 4.78 is 0. The van der Waals surface area contributed by atoms with Crippen molar-refractivity contribution in [1.29, 1.82) is 0 Å². The van der Waals surface area contributed by atoms with Crippen molar-refractivity contribution in [1.82, 2.24) is 36.4 Å². The van der Waals surface area contributed by atoms with Crippen LogP contribution in [0.1, 0.15) is 136 Å². The van der Waals surface area contributed by atoms with Gasteiger partial charge in [0.05, 0.1) is 30.8 Å². The second-order valence-electron chi connectivity index (χ2n) is 20.3. The van der Waals surface area contributed by atoms with Crippen LogP contribution >= 0.6 is 0 Å². The van der Waals surface area contributed by atoms with Crippen LogP contribution in [0.3, 0.4) is 0 Å². The number of hydrogen-bond acceptors (Lipinski definition) is 15. The summed E-state index contributed by atoms with van der Waals surface area (Å²) in [7, 11) is 0. The molecule has 0 bridgehead atoms. The zero-order chi connectivity index (χ0) is 54.1. The number of fused-ring (bicyclic) bond motifs is 2. The first-order chi connectivity index (χ1) is 34.5. The molecule has 73 heavy (non-hydrogen) atoms. The number of benzene rings is 1. The molecule has 410 valence electrons. The van der Waals surface area contributed by atoms with E-state index in [0.29, 0.717) is 18.3 Å². The molecule has 23 nitrogen and oxygen atoms in total. The number of nitrogens with one attached hydrogen (secondary N) is 5.